The largest absolute Gasteiger partial charge is 0.287 e. The lowest BCUT2D eigenvalue weighted by atomic mass is 10.2. The summed E-state index contributed by atoms with van der Waals surface area (Å²) >= 11 is 0. The van der Waals surface area contributed by atoms with Crippen molar-refractivity contribution in [2.75, 3.05) is 0 Å². The molecule has 0 atom stereocenters. The highest BCUT2D eigenvalue weighted by atomic mass is 16.1. The Labute approximate surface area is 107 Å². The highest BCUT2D eigenvalue weighted by Crippen LogP contribution is 2.03. The van der Waals surface area contributed by atoms with Crippen molar-refractivity contribution in [3.8, 4) is 0 Å². The van der Waals surface area contributed by atoms with Gasteiger partial charge in [0, 0.05) is 6.54 Å². The van der Waals surface area contributed by atoms with Crippen LogP contribution in [0.2, 0.25) is 0 Å². The van der Waals surface area contributed by atoms with Gasteiger partial charge < -0.3 is 0 Å². The lowest BCUT2D eigenvalue weighted by molar-refractivity contribution is 0.426. The predicted molar refractivity (Wildman–Crippen MR) is 69.1 cm³/mol. The second-order valence-corrected chi connectivity index (χ2v) is 4.24. The monoisotopic (exact) mass is 259 g/mol. The van der Waals surface area contributed by atoms with Crippen molar-refractivity contribution in [2.24, 2.45) is 0 Å². The van der Waals surface area contributed by atoms with Gasteiger partial charge in [0.15, 0.2) is 0 Å². The minimum atomic E-state index is -0.214. The fourth-order valence-corrected chi connectivity index (χ4v) is 2.41. The normalized spacial score (nSPS) is 11.5. The fourth-order valence-electron chi connectivity index (χ4n) is 2.41. The lowest BCUT2D eigenvalue weighted by Crippen LogP contribution is -2.19. The number of nitrogens with one attached hydrogen (secondary N) is 1. The summed E-state index contributed by atoms with van der Waals surface area (Å²) < 4.78 is 1.78. The van der Waals surface area contributed by atoms with Crippen LogP contribution in [0.4, 0.5) is 0 Å². The standard InChI is InChI=1S/C12H13N5O2/c1-3-16-10-9(15-17(16)4-2)11(18)7-5-13-14-6-8(7)12(10)19/h5-6,15H,3-4H2,1-2H3. The first-order chi connectivity index (χ1) is 9.19. The third-order valence-corrected chi connectivity index (χ3v) is 3.29. The Morgan fingerprint density at radius 2 is 1.68 bits per heavy atom. The van der Waals surface area contributed by atoms with E-state index in [2.05, 4.69) is 15.3 Å². The number of hydrogen-bond donors (Lipinski definition) is 1. The van der Waals surface area contributed by atoms with Crippen LogP contribution < -0.4 is 10.9 Å². The van der Waals surface area contributed by atoms with Crippen molar-refractivity contribution >= 4 is 10.8 Å². The van der Waals surface area contributed by atoms with Gasteiger partial charge in [-0.2, -0.15) is 10.2 Å². The van der Waals surface area contributed by atoms with E-state index >= 15 is 0 Å². The van der Waals surface area contributed by atoms with Crippen molar-refractivity contribution in [3.05, 3.63) is 43.5 Å². The summed E-state index contributed by atoms with van der Waals surface area (Å²) in [5.74, 6) is 0. The van der Waals surface area contributed by atoms with E-state index < -0.39 is 0 Å². The van der Waals surface area contributed by atoms with Crippen molar-refractivity contribution in [1.29, 1.82) is 0 Å². The van der Waals surface area contributed by atoms with Gasteiger partial charge in [-0.3, -0.25) is 19.4 Å². The average molecular weight is 259 g/mol. The summed E-state index contributed by atoms with van der Waals surface area (Å²) in [6.07, 6.45) is 2.69. The summed E-state index contributed by atoms with van der Waals surface area (Å²) in [6, 6.07) is 0. The van der Waals surface area contributed by atoms with Crippen LogP contribution >= 0.6 is 0 Å². The molecule has 0 spiro atoms. The van der Waals surface area contributed by atoms with Gasteiger partial charge in [0.1, 0.15) is 10.7 Å². The minimum absolute atomic E-state index is 0.190. The molecule has 1 aliphatic carbocycles. The molecule has 1 aromatic rings. The van der Waals surface area contributed by atoms with Crippen LogP contribution in [-0.2, 0) is 13.1 Å². The van der Waals surface area contributed by atoms with Crippen LogP contribution in [0, 0.1) is 10.7 Å². The molecule has 1 aromatic heterocycles. The molecule has 2 aliphatic rings. The van der Waals surface area contributed by atoms with Crippen LogP contribution in [-0.4, -0.2) is 24.8 Å². The SMILES string of the molecule is CCn1[nH]c2c(=O)c3cnncc3c(=O)c=2n1CC. The van der Waals surface area contributed by atoms with Gasteiger partial charge in [-0.15, -0.1) is 0 Å². The molecule has 98 valence electrons. The Kier molecular flexibility index (Phi) is 2.48. The molecule has 0 radical (unpaired) electrons. The van der Waals surface area contributed by atoms with Crippen LogP contribution in [0.3, 0.4) is 0 Å². The summed E-state index contributed by atoms with van der Waals surface area (Å²) in [5.41, 5.74) is -0.404. The summed E-state index contributed by atoms with van der Waals surface area (Å²) in [7, 11) is 0. The molecule has 7 heteroatoms. The number of aryl methyl sites for hydroxylation is 1. The number of aromatic amines is 1. The highest BCUT2D eigenvalue weighted by molar-refractivity contribution is 5.79. The van der Waals surface area contributed by atoms with Gasteiger partial charge in [-0.25, -0.2) is 4.80 Å². The number of fused-ring (bicyclic) bond motifs is 1. The average Bonchev–Trinajstić information content (AvgIpc) is 2.83. The van der Waals surface area contributed by atoms with E-state index in [9.17, 15) is 9.59 Å². The molecule has 0 amide bonds. The molecule has 0 unspecified atom stereocenters. The number of aromatic nitrogens is 5. The highest BCUT2D eigenvalue weighted by Gasteiger charge is 2.13. The molecular formula is C12H13N5O2. The predicted octanol–water partition coefficient (Wildman–Crippen LogP) is 0.0459. The molecule has 0 fully saturated rings. The number of nitrogens with zero attached hydrogens (tertiary/aromatic N) is 4. The van der Waals surface area contributed by atoms with E-state index in [1.54, 1.807) is 9.48 Å². The maximum Gasteiger partial charge on any atom is 0.215 e. The molecule has 1 N–H and O–H groups in total. The maximum atomic E-state index is 12.5. The van der Waals surface area contributed by atoms with E-state index in [4.69, 9.17) is 0 Å². The molecular weight excluding hydrogens is 246 g/mol. The molecule has 0 saturated heterocycles. The Balaban J connectivity index is 2.72. The summed E-state index contributed by atoms with van der Waals surface area (Å²) in [4.78, 5) is 26.6. The van der Waals surface area contributed by atoms with Crippen molar-refractivity contribution in [1.82, 2.24) is 24.8 Å². The van der Waals surface area contributed by atoms with Gasteiger partial charge in [0.25, 0.3) is 0 Å². The third kappa shape index (κ3) is 1.44. The van der Waals surface area contributed by atoms with E-state index in [1.165, 1.54) is 12.4 Å². The van der Waals surface area contributed by atoms with Crippen LogP contribution in [0.25, 0.3) is 10.8 Å². The molecule has 0 aromatic carbocycles. The maximum absolute atomic E-state index is 12.5. The molecule has 1 aliphatic heterocycles. The van der Waals surface area contributed by atoms with Gasteiger partial charge in [0.05, 0.1) is 29.7 Å². The number of rotatable bonds is 2. The number of hydrogen-bond acceptors (Lipinski definition) is 4. The second kappa shape index (κ2) is 4.04. The van der Waals surface area contributed by atoms with Gasteiger partial charge in [-0.1, -0.05) is 0 Å². The topological polar surface area (TPSA) is 85.6 Å². The van der Waals surface area contributed by atoms with Crippen LogP contribution in [0.5, 0.6) is 0 Å². The molecule has 7 nitrogen and oxygen atoms in total. The minimum Gasteiger partial charge on any atom is -0.287 e. The van der Waals surface area contributed by atoms with Crippen molar-refractivity contribution in [2.45, 2.75) is 26.9 Å². The molecule has 0 bridgehead atoms. The third-order valence-electron chi connectivity index (χ3n) is 3.29. The number of H-pyrrole nitrogens is 1. The Bertz CT molecular complexity index is 933. The van der Waals surface area contributed by atoms with E-state index in [1.807, 2.05) is 13.8 Å². The van der Waals surface area contributed by atoms with E-state index in [0.717, 1.165) is 0 Å². The molecule has 3 rings (SSSR count). The fraction of sp³-hybridized carbons (Fsp3) is 0.333. The smallest absolute Gasteiger partial charge is 0.215 e. The first-order valence-corrected chi connectivity index (χ1v) is 6.15. The van der Waals surface area contributed by atoms with E-state index in [0.29, 0.717) is 34.6 Å². The molecule has 0 saturated carbocycles. The zero-order valence-electron chi connectivity index (χ0n) is 10.7. The first-order valence-electron chi connectivity index (χ1n) is 6.15. The Morgan fingerprint density at radius 1 is 1.05 bits per heavy atom. The van der Waals surface area contributed by atoms with Crippen molar-refractivity contribution in [3.63, 3.8) is 0 Å². The second-order valence-electron chi connectivity index (χ2n) is 4.24. The van der Waals surface area contributed by atoms with Gasteiger partial charge >= 0.3 is 0 Å². The zero-order chi connectivity index (χ0) is 13.6. The molecule has 19 heavy (non-hydrogen) atoms. The van der Waals surface area contributed by atoms with Crippen LogP contribution in [0.15, 0.2) is 22.0 Å². The van der Waals surface area contributed by atoms with E-state index in [-0.39, 0.29) is 10.9 Å². The quantitative estimate of drug-likeness (QED) is 0.704. The van der Waals surface area contributed by atoms with Crippen LogP contribution in [0.1, 0.15) is 13.8 Å². The summed E-state index contributed by atoms with van der Waals surface area (Å²) in [6.45, 7) is 5.12. The zero-order valence-corrected chi connectivity index (χ0v) is 10.7. The lowest BCUT2D eigenvalue weighted by Gasteiger charge is -2.06. The Hall–Kier alpha value is -2.44. The van der Waals surface area contributed by atoms with Crippen molar-refractivity contribution < 1.29 is 0 Å². The van der Waals surface area contributed by atoms with Gasteiger partial charge in [0.2, 0.25) is 10.9 Å². The Morgan fingerprint density at radius 3 is 2.26 bits per heavy atom. The first kappa shape index (κ1) is 11.6. The summed E-state index contributed by atoms with van der Waals surface area (Å²) in [5, 5.41) is 11.7. The molecule has 2 heterocycles. The van der Waals surface area contributed by atoms with Gasteiger partial charge in [-0.05, 0) is 13.8 Å².